The summed E-state index contributed by atoms with van der Waals surface area (Å²) < 4.78 is 47.4. The van der Waals surface area contributed by atoms with Crippen LogP contribution in [0, 0.1) is 25.5 Å². The van der Waals surface area contributed by atoms with Crippen molar-refractivity contribution in [3.05, 3.63) is 75.6 Å². The number of methoxy groups -OCH3 is 1. The maximum Gasteiger partial charge on any atom is 0.337 e. The topological polar surface area (TPSA) is 124 Å². The highest BCUT2D eigenvalue weighted by molar-refractivity contribution is 5.93. The Balaban J connectivity index is 1.67. The number of benzene rings is 2. The monoisotopic (exact) mass is 608 g/mol. The van der Waals surface area contributed by atoms with Crippen LogP contribution in [0.1, 0.15) is 71.7 Å². The molecule has 1 atom stereocenters. The number of hydrogen-bond donors (Lipinski definition) is 2. The van der Waals surface area contributed by atoms with Crippen molar-refractivity contribution in [3.63, 3.8) is 0 Å². The highest BCUT2D eigenvalue weighted by Crippen LogP contribution is 2.41. The van der Waals surface area contributed by atoms with Crippen molar-refractivity contribution < 1.29 is 37.7 Å². The molecule has 12 heteroatoms. The number of rotatable bonds is 8. The largest absolute Gasteiger partial charge is 0.494 e. The molecule has 0 fully saturated rings. The molecular weight excluding hydrogens is 574 g/mol. The number of fused-ring (bicyclic) bond motifs is 2. The van der Waals surface area contributed by atoms with Crippen molar-refractivity contribution in [1.29, 1.82) is 0 Å². The molecule has 1 amide bonds. The van der Waals surface area contributed by atoms with Crippen LogP contribution in [0.15, 0.2) is 30.3 Å². The van der Waals surface area contributed by atoms with Gasteiger partial charge < -0.3 is 24.6 Å². The Morgan fingerprint density at radius 2 is 1.91 bits per heavy atom. The lowest BCUT2D eigenvalue weighted by atomic mass is 9.91. The fourth-order valence-corrected chi connectivity index (χ4v) is 5.39. The maximum atomic E-state index is 15.5. The molecule has 0 saturated heterocycles. The Hall–Kier alpha value is -4.58. The number of nitrogens with one attached hydrogen (secondary N) is 1. The number of aliphatic carboxylic acids is 1. The summed E-state index contributed by atoms with van der Waals surface area (Å²) >= 11 is 0. The van der Waals surface area contributed by atoms with E-state index in [2.05, 4.69) is 15.4 Å². The molecule has 3 heterocycles. The van der Waals surface area contributed by atoms with Crippen molar-refractivity contribution in [1.82, 2.24) is 19.9 Å². The molecule has 0 aliphatic carbocycles. The molecule has 44 heavy (non-hydrogen) atoms. The van der Waals surface area contributed by atoms with Gasteiger partial charge in [0.15, 0.2) is 40.6 Å². The molecule has 2 aromatic heterocycles. The minimum absolute atomic E-state index is 0.00703. The Kier molecular flexibility index (Phi) is 8.30. The molecule has 0 bridgehead atoms. The van der Waals surface area contributed by atoms with Crippen LogP contribution in [0.2, 0.25) is 0 Å². The molecule has 0 unspecified atom stereocenters. The van der Waals surface area contributed by atoms with Gasteiger partial charge in [0.1, 0.15) is 0 Å². The van der Waals surface area contributed by atoms with E-state index >= 15 is 4.39 Å². The molecular formula is C32H34F2N4O6. The van der Waals surface area contributed by atoms with E-state index in [9.17, 15) is 19.1 Å². The summed E-state index contributed by atoms with van der Waals surface area (Å²) in [4.78, 5) is 30.5. The first kappa shape index (κ1) is 30.9. The van der Waals surface area contributed by atoms with Crippen LogP contribution in [0.25, 0.3) is 16.9 Å². The van der Waals surface area contributed by atoms with Gasteiger partial charge in [0.05, 0.1) is 25.0 Å². The van der Waals surface area contributed by atoms with Gasteiger partial charge in [-0.1, -0.05) is 6.07 Å². The van der Waals surface area contributed by atoms with E-state index in [1.54, 1.807) is 27.7 Å². The number of aryl methyl sites for hydroxylation is 1. The maximum absolute atomic E-state index is 15.5. The highest BCUT2D eigenvalue weighted by Gasteiger charge is 2.35. The Bertz CT molecular complexity index is 1780. The molecule has 232 valence electrons. The first-order valence-corrected chi connectivity index (χ1v) is 14.2. The first-order chi connectivity index (χ1) is 20.8. The molecule has 0 spiro atoms. The summed E-state index contributed by atoms with van der Waals surface area (Å²) in [5, 5.41) is 17.6. The lowest BCUT2D eigenvalue weighted by molar-refractivity contribution is -0.160. The smallest absolute Gasteiger partial charge is 0.337 e. The lowest BCUT2D eigenvalue weighted by Crippen LogP contribution is -2.29. The van der Waals surface area contributed by atoms with Crippen LogP contribution in [0.5, 0.6) is 11.5 Å². The molecule has 10 nitrogen and oxygen atoms in total. The minimum Gasteiger partial charge on any atom is -0.494 e. The number of nitrogens with zero attached hydrogens (tertiary/aromatic N) is 3. The molecule has 0 radical (unpaired) electrons. The highest BCUT2D eigenvalue weighted by atomic mass is 19.1. The van der Waals surface area contributed by atoms with E-state index < -0.39 is 35.2 Å². The number of ether oxygens (including phenoxy) is 3. The van der Waals surface area contributed by atoms with Gasteiger partial charge in [0.2, 0.25) is 0 Å². The van der Waals surface area contributed by atoms with Crippen molar-refractivity contribution in [3.8, 4) is 22.8 Å². The SMILES string of the molecule is COc1cc(CNC(=O)c2cc3nc(C)c([C@H](OC(C)(C)C)C(=O)O)c(-c4cc(F)c5c(c4C)CCCO5)n3n2)ccc1F. The third-order valence-electron chi connectivity index (χ3n) is 7.38. The van der Waals surface area contributed by atoms with Crippen LogP contribution >= 0.6 is 0 Å². The van der Waals surface area contributed by atoms with E-state index in [0.717, 1.165) is 0 Å². The van der Waals surface area contributed by atoms with Crippen LogP contribution < -0.4 is 14.8 Å². The van der Waals surface area contributed by atoms with Gasteiger partial charge in [-0.05, 0) is 76.8 Å². The van der Waals surface area contributed by atoms with Gasteiger partial charge in [-0.2, -0.15) is 5.10 Å². The first-order valence-electron chi connectivity index (χ1n) is 14.2. The molecule has 1 aliphatic rings. The number of aromatic nitrogens is 3. The van der Waals surface area contributed by atoms with Crippen molar-refractivity contribution in [2.24, 2.45) is 0 Å². The van der Waals surface area contributed by atoms with Gasteiger partial charge in [-0.15, -0.1) is 0 Å². The molecule has 0 saturated carbocycles. The second-order valence-electron chi connectivity index (χ2n) is 11.6. The van der Waals surface area contributed by atoms with Gasteiger partial charge in [-0.25, -0.2) is 23.1 Å². The van der Waals surface area contributed by atoms with E-state index in [4.69, 9.17) is 14.2 Å². The van der Waals surface area contributed by atoms with Crippen LogP contribution in [0.4, 0.5) is 8.78 Å². The zero-order valence-electron chi connectivity index (χ0n) is 25.4. The average molecular weight is 609 g/mol. The number of carbonyl (C=O) groups excluding carboxylic acids is 1. The Morgan fingerprint density at radius 1 is 1.16 bits per heavy atom. The number of hydrogen-bond acceptors (Lipinski definition) is 7. The number of carbonyl (C=O) groups is 2. The predicted molar refractivity (Wildman–Crippen MR) is 157 cm³/mol. The van der Waals surface area contributed by atoms with Crippen LogP contribution in [0.3, 0.4) is 0 Å². The zero-order valence-corrected chi connectivity index (χ0v) is 25.4. The summed E-state index contributed by atoms with van der Waals surface area (Å²) in [6.07, 6.45) is -0.201. The normalized spacial score (nSPS) is 13.7. The number of halogens is 2. The van der Waals surface area contributed by atoms with E-state index in [0.29, 0.717) is 47.4 Å². The number of amides is 1. The van der Waals surface area contributed by atoms with Gasteiger partial charge in [-0.3, -0.25) is 4.79 Å². The molecule has 5 rings (SSSR count). The summed E-state index contributed by atoms with van der Waals surface area (Å²) in [5.41, 5.74) is 2.51. The number of carboxylic acid groups (broad SMARTS) is 1. The van der Waals surface area contributed by atoms with Crippen molar-refractivity contribution in [2.45, 2.75) is 65.7 Å². The third-order valence-corrected chi connectivity index (χ3v) is 7.38. The Labute approximate surface area is 253 Å². The van der Waals surface area contributed by atoms with Crippen molar-refractivity contribution >= 4 is 17.5 Å². The molecule has 4 aromatic rings. The van der Waals surface area contributed by atoms with Crippen LogP contribution in [-0.2, 0) is 22.5 Å². The van der Waals surface area contributed by atoms with E-state index in [1.165, 1.54) is 42.0 Å². The van der Waals surface area contributed by atoms with Gasteiger partial charge >= 0.3 is 5.97 Å². The fraction of sp³-hybridized carbons (Fsp3) is 0.375. The van der Waals surface area contributed by atoms with Crippen molar-refractivity contribution in [2.75, 3.05) is 13.7 Å². The average Bonchev–Trinajstić information content (AvgIpc) is 3.40. The second kappa shape index (κ2) is 11.8. The summed E-state index contributed by atoms with van der Waals surface area (Å²) in [6, 6.07) is 7.02. The van der Waals surface area contributed by atoms with Crippen LogP contribution in [-0.4, -0.2) is 50.9 Å². The fourth-order valence-electron chi connectivity index (χ4n) is 5.39. The molecule has 2 N–H and O–H groups in total. The lowest BCUT2D eigenvalue weighted by Gasteiger charge is -2.28. The second-order valence-corrected chi connectivity index (χ2v) is 11.6. The quantitative estimate of drug-likeness (QED) is 0.269. The standard InChI is InChI=1S/C32H34F2N4O6/c1-16-19-8-7-11-43-28(19)22(34)13-20(16)27-26(29(31(40)41)44-32(3,4)5)17(2)36-25-14-23(37-38(25)27)30(39)35-15-18-9-10-21(33)24(12-18)42-6/h9-10,12-14,29H,7-8,11,15H2,1-6H3,(H,35,39)(H,40,41)/t29-/m0/s1. The Morgan fingerprint density at radius 3 is 2.59 bits per heavy atom. The predicted octanol–water partition coefficient (Wildman–Crippen LogP) is 5.50. The summed E-state index contributed by atoms with van der Waals surface area (Å²) in [6.45, 7) is 9.12. The summed E-state index contributed by atoms with van der Waals surface area (Å²) in [5.74, 6) is -2.69. The van der Waals surface area contributed by atoms with E-state index in [-0.39, 0.29) is 40.6 Å². The zero-order chi connectivity index (χ0) is 31.9. The number of carboxylic acids is 1. The van der Waals surface area contributed by atoms with E-state index in [1.807, 2.05) is 6.92 Å². The minimum atomic E-state index is -1.48. The van der Waals surface area contributed by atoms with Gasteiger partial charge in [0.25, 0.3) is 5.91 Å². The third kappa shape index (κ3) is 5.94. The summed E-state index contributed by atoms with van der Waals surface area (Å²) in [7, 11) is 1.35. The molecule has 2 aromatic carbocycles. The van der Waals surface area contributed by atoms with Gasteiger partial charge in [0, 0.05) is 35.0 Å². The molecule has 1 aliphatic heterocycles.